The molecule has 0 aliphatic heterocycles. The third-order valence-electron chi connectivity index (χ3n) is 5.03. The van der Waals surface area contributed by atoms with Crippen LogP contribution in [0.1, 0.15) is 73.7 Å². The van der Waals surface area contributed by atoms with E-state index in [0.29, 0.717) is 11.4 Å². The topological polar surface area (TPSA) is 72.0 Å². The number of aromatic amines is 1. The van der Waals surface area contributed by atoms with Gasteiger partial charge >= 0.3 is 6.36 Å². The van der Waals surface area contributed by atoms with Gasteiger partial charge in [-0.1, -0.05) is 26.8 Å². The van der Waals surface area contributed by atoms with Crippen LogP contribution in [0.25, 0.3) is 0 Å². The highest BCUT2D eigenvalue weighted by atomic mass is 19.4. The second kappa shape index (κ2) is 7.85. The third kappa shape index (κ3) is 5.46. The minimum Gasteiger partial charge on any atom is -0.403 e. The van der Waals surface area contributed by atoms with Crippen LogP contribution in [-0.4, -0.2) is 22.1 Å². The summed E-state index contributed by atoms with van der Waals surface area (Å²) < 4.78 is 55.1. The Bertz CT molecular complexity index is 1000. The van der Waals surface area contributed by atoms with Gasteiger partial charge in [-0.3, -0.25) is 9.59 Å². The van der Waals surface area contributed by atoms with Crippen LogP contribution in [0.15, 0.2) is 29.1 Å². The SMILES string of the molecule is CC(C)(C)[C@@H](CC(=O)c1cc(=O)[nH]c(C2CC2)n1)c1ccc(OC(F)(F)F)c(F)c1. The molecule has 162 valence electrons. The summed E-state index contributed by atoms with van der Waals surface area (Å²) in [5.41, 5.74) is -0.542. The molecule has 30 heavy (non-hydrogen) atoms. The highest BCUT2D eigenvalue weighted by Gasteiger charge is 2.34. The van der Waals surface area contributed by atoms with E-state index in [9.17, 15) is 27.2 Å². The second-order valence-electron chi connectivity index (χ2n) is 8.57. The molecule has 2 aromatic rings. The fourth-order valence-electron chi connectivity index (χ4n) is 3.32. The zero-order valence-corrected chi connectivity index (χ0v) is 16.8. The van der Waals surface area contributed by atoms with E-state index >= 15 is 0 Å². The van der Waals surface area contributed by atoms with Gasteiger partial charge in [0.25, 0.3) is 5.56 Å². The molecule has 0 saturated heterocycles. The number of benzene rings is 1. The monoisotopic (exact) mass is 426 g/mol. The number of hydrogen-bond donors (Lipinski definition) is 1. The number of nitrogens with zero attached hydrogens (tertiary/aromatic N) is 1. The van der Waals surface area contributed by atoms with Crippen LogP contribution in [0.4, 0.5) is 17.6 Å². The summed E-state index contributed by atoms with van der Waals surface area (Å²) in [6, 6.07) is 4.30. The van der Waals surface area contributed by atoms with Crippen LogP contribution < -0.4 is 10.3 Å². The Morgan fingerprint density at radius 1 is 1.23 bits per heavy atom. The summed E-state index contributed by atoms with van der Waals surface area (Å²) in [5, 5.41) is 0. The number of halogens is 4. The quantitative estimate of drug-likeness (QED) is 0.516. The van der Waals surface area contributed by atoms with Crippen LogP contribution in [0.3, 0.4) is 0 Å². The number of H-pyrrole nitrogens is 1. The number of hydrogen-bond acceptors (Lipinski definition) is 4. The van der Waals surface area contributed by atoms with E-state index in [0.717, 1.165) is 31.0 Å². The van der Waals surface area contributed by atoms with Gasteiger partial charge < -0.3 is 9.72 Å². The maximum Gasteiger partial charge on any atom is 0.573 e. The molecule has 0 unspecified atom stereocenters. The van der Waals surface area contributed by atoms with Gasteiger partial charge in [0, 0.05) is 18.4 Å². The third-order valence-corrected chi connectivity index (χ3v) is 5.03. The average molecular weight is 426 g/mol. The van der Waals surface area contributed by atoms with E-state index in [-0.39, 0.29) is 23.8 Å². The molecule has 3 rings (SSSR count). The van der Waals surface area contributed by atoms with Gasteiger partial charge in [0.2, 0.25) is 0 Å². The Morgan fingerprint density at radius 2 is 1.90 bits per heavy atom. The number of Topliss-reactive ketones (excluding diaryl/α,β-unsaturated/α-hetero) is 1. The second-order valence-corrected chi connectivity index (χ2v) is 8.57. The Hall–Kier alpha value is -2.71. The lowest BCUT2D eigenvalue weighted by atomic mass is 9.73. The first-order valence-corrected chi connectivity index (χ1v) is 9.53. The van der Waals surface area contributed by atoms with Crippen molar-refractivity contribution < 1.29 is 27.1 Å². The number of aromatic nitrogens is 2. The van der Waals surface area contributed by atoms with Gasteiger partial charge in [-0.15, -0.1) is 13.2 Å². The summed E-state index contributed by atoms with van der Waals surface area (Å²) in [5.74, 6) is -2.38. The molecular formula is C21H22F4N2O3. The van der Waals surface area contributed by atoms with E-state index < -0.39 is 34.8 Å². The number of carbonyl (C=O) groups excluding carboxylic acids is 1. The predicted molar refractivity (Wildman–Crippen MR) is 101 cm³/mol. The molecule has 1 N–H and O–H groups in total. The highest BCUT2D eigenvalue weighted by molar-refractivity contribution is 5.94. The first-order chi connectivity index (χ1) is 13.8. The normalized spacial score (nSPS) is 15.7. The molecule has 5 nitrogen and oxygen atoms in total. The van der Waals surface area contributed by atoms with Crippen LogP contribution in [0, 0.1) is 11.2 Å². The zero-order valence-electron chi connectivity index (χ0n) is 16.8. The molecule has 1 fully saturated rings. The van der Waals surface area contributed by atoms with Crippen molar-refractivity contribution in [3.05, 3.63) is 57.5 Å². The van der Waals surface area contributed by atoms with Crippen molar-refractivity contribution in [1.29, 1.82) is 0 Å². The Kier molecular flexibility index (Phi) is 5.75. The van der Waals surface area contributed by atoms with Gasteiger partial charge in [-0.05, 0) is 41.9 Å². The number of nitrogens with one attached hydrogen (secondary N) is 1. The molecule has 9 heteroatoms. The van der Waals surface area contributed by atoms with Crippen molar-refractivity contribution in [2.24, 2.45) is 5.41 Å². The minimum absolute atomic E-state index is 0.0346. The standard InChI is InChI=1S/C21H22F4N2O3/c1-20(2,3)13(12-6-7-17(14(22)8-12)30-21(23,24)25)9-16(28)15-10-18(29)27-19(26-15)11-4-5-11/h6-8,10-11,13H,4-5,9H2,1-3H3,(H,26,27,29)/t13-/m0/s1. The summed E-state index contributed by atoms with van der Waals surface area (Å²) in [6.07, 6.45) is -3.29. The number of carbonyl (C=O) groups is 1. The molecule has 0 amide bonds. The molecule has 1 atom stereocenters. The van der Waals surface area contributed by atoms with E-state index in [4.69, 9.17) is 0 Å². The fourth-order valence-corrected chi connectivity index (χ4v) is 3.32. The van der Waals surface area contributed by atoms with Crippen LogP contribution in [-0.2, 0) is 0 Å². The maximum atomic E-state index is 14.2. The van der Waals surface area contributed by atoms with Gasteiger partial charge in [-0.25, -0.2) is 9.37 Å². The highest BCUT2D eigenvalue weighted by Crippen LogP contribution is 2.40. The fraction of sp³-hybridized carbons (Fsp3) is 0.476. The molecule has 0 spiro atoms. The van der Waals surface area contributed by atoms with E-state index in [2.05, 4.69) is 14.7 Å². The Morgan fingerprint density at radius 3 is 2.43 bits per heavy atom. The number of ketones is 1. The van der Waals surface area contributed by atoms with Gasteiger partial charge in [0.05, 0.1) is 0 Å². The van der Waals surface area contributed by atoms with Crippen molar-refractivity contribution in [1.82, 2.24) is 9.97 Å². The van der Waals surface area contributed by atoms with Crippen molar-refractivity contribution in [2.45, 2.75) is 58.2 Å². The predicted octanol–water partition coefficient (Wildman–Crippen LogP) is 5.09. The Balaban J connectivity index is 1.88. The molecule has 1 aliphatic rings. The van der Waals surface area contributed by atoms with Crippen molar-refractivity contribution in [2.75, 3.05) is 0 Å². The van der Waals surface area contributed by atoms with Crippen molar-refractivity contribution in [3.8, 4) is 5.75 Å². The summed E-state index contributed by atoms with van der Waals surface area (Å²) in [6.45, 7) is 5.51. The van der Waals surface area contributed by atoms with Gasteiger partial charge in [-0.2, -0.15) is 0 Å². The van der Waals surface area contributed by atoms with Crippen LogP contribution in [0.5, 0.6) is 5.75 Å². The summed E-state index contributed by atoms with van der Waals surface area (Å²) >= 11 is 0. The molecule has 0 radical (unpaired) electrons. The Labute approximate surface area is 170 Å². The van der Waals surface area contributed by atoms with Crippen LogP contribution >= 0.6 is 0 Å². The van der Waals surface area contributed by atoms with Crippen molar-refractivity contribution in [3.63, 3.8) is 0 Å². The number of alkyl halides is 3. The lowest BCUT2D eigenvalue weighted by molar-refractivity contribution is -0.275. The summed E-state index contributed by atoms with van der Waals surface area (Å²) in [4.78, 5) is 31.7. The van der Waals surface area contributed by atoms with E-state index in [1.54, 1.807) is 0 Å². The average Bonchev–Trinajstić information content (AvgIpc) is 3.44. The summed E-state index contributed by atoms with van der Waals surface area (Å²) in [7, 11) is 0. The van der Waals surface area contributed by atoms with Gasteiger partial charge in [0.1, 0.15) is 11.5 Å². The van der Waals surface area contributed by atoms with Crippen LogP contribution in [0.2, 0.25) is 0 Å². The first kappa shape index (κ1) is 22.0. The van der Waals surface area contributed by atoms with E-state index in [1.807, 2.05) is 20.8 Å². The van der Waals surface area contributed by atoms with E-state index in [1.165, 1.54) is 6.07 Å². The molecule has 1 heterocycles. The minimum atomic E-state index is -5.01. The zero-order chi connectivity index (χ0) is 22.3. The lowest BCUT2D eigenvalue weighted by Crippen LogP contribution is -2.24. The van der Waals surface area contributed by atoms with Crippen molar-refractivity contribution >= 4 is 5.78 Å². The molecule has 1 aromatic carbocycles. The number of rotatable bonds is 6. The van der Waals surface area contributed by atoms with Gasteiger partial charge in [0.15, 0.2) is 17.3 Å². The molecule has 1 aromatic heterocycles. The number of ether oxygens (including phenoxy) is 1. The molecule has 0 bridgehead atoms. The lowest BCUT2D eigenvalue weighted by Gasteiger charge is -2.31. The molecule has 1 saturated carbocycles. The molecular weight excluding hydrogens is 404 g/mol. The maximum absolute atomic E-state index is 14.2. The smallest absolute Gasteiger partial charge is 0.403 e. The first-order valence-electron chi connectivity index (χ1n) is 9.53. The molecule has 1 aliphatic carbocycles. The largest absolute Gasteiger partial charge is 0.573 e.